The highest BCUT2D eigenvalue weighted by atomic mass is 16.5. The van der Waals surface area contributed by atoms with E-state index in [0.717, 1.165) is 18.6 Å². The summed E-state index contributed by atoms with van der Waals surface area (Å²) < 4.78 is 5.70. The Labute approximate surface area is 103 Å². The van der Waals surface area contributed by atoms with Crippen LogP contribution in [0.15, 0.2) is 18.2 Å². The third-order valence-corrected chi connectivity index (χ3v) is 3.26. The summed E-state index contributed by atoms with van der Waals surface area (Å²) in [5.74, 6) is 1.25. The van der Waals surface area contributed by atoms with Gasteiger partial charge in [0.2, 0.25) is 0 Å². The van der Waals surface area contributed by atoms with Gasteiger partial charge in [0.25, 0.3) is 0 Å². The molecular formula is C15H20O2. The molecule has 0 saturated carbocycles. The maximum absolute atomic E-state index is 10.8. The first kappa shape index (κ1) is 12.2. The van der Waals surface area contributed by atoms with Crippen molar-refractivity contribution in [2.24, 2.45) is 0 Å². The highest BCUT2D eigenvalue weighted by molar-refractivity contribution is 5.75. The molecule has 0 N–H and O–H groups in total. The van der Waals surface area contributed by atoms with Gasteiger partial charge in [0.15, 0.2) is 0 Å². The van der Waals surface area contributed by atoms with Crippen LogP contribution in [-0.2, 0) is 17.6 Å². The molecule has 0 bridgehead atoms. The number of fused-ring (bicyclic) bond motifs is 1. The summed E-state index contributed by atoms with van der Waals surface area (Å²) in [6, 6.07) is 6.43. The molecule has 1 aliphatic rings. The fourth-order valence-corrected chi connectivity index (χ4v) is 2.30. The van der Waals surface area contributed by atoms with Crippen LogP contribution in [0.25, 0.3) is 0 Å². The first-order valence-corrected chi connectivity index (χ1v) is 6.50. The Balaban J connectivity index is 1.74. The number of ether oxygens (including phenoxy) is 1. The second-order valence-electron chi connectivity index (χ2n) is 4.79. The Hall–Kier alpha value is -1.31. The monoisotopic (exact) mass is 232 g/mol. The number of unbranched alkanes of at least 4 members (excludes halogenated alkanes) is 1. The van der Waals surface area contributed by atoms with E-state index < -0.39 is 0 Å². The first-order chi connectivity index (χ1) is 8.25. The maximum atomic E-state index is 10.8. The van der Waals surface area contributed by atoms with Crippen molar-refractivity contribution in [2.45, 2.75) is 45.4 Å². The molecule has 1 aromatic carbocycles. The number of hydrogen-bond donors (Lipinski definition) is 0. The van der Waals surface area contributed by atoms with E-state index in [-0.39, 0.29) is 5.78 Å². The third kappa shape index (κ3) is 3.58. The summed E-state index contributed by atoms with van der Waals surface area (Å²) >= 11 is 0. The predicted molar refractivity (Wildman–Crippen MR) is 68.5 cm³/mol. The Kier molecular flexibility index (Phi) is 4.18. The van der Waals surface area contributed by atoms with E-state index in [2.05, 4.69) is 18.2 Å². The number of ketones is 1. The minimum absolute atomic E-state index is 0.266. The Morgan fingerprint density at radius 2 is 2.06 bits per heavy atom. The topological polar surface area (TPSA) is 26.3 Å². The molecule has 0 radical (unpaired) electrons. The average Bonchev–Trinajstić information content (AvgIpc) is 2.75. The first-order valence-electron chi connectivity index (χ1n) is 6.50. The number of rotatable bonds is 6. The zero-order valence-corrected chi connectivity index (χ0v) is 10.5. The molecular weight excluding hydrogens is 212 g/mol. The molecule has 0 saturated heterocycles. The summed E-state index contributed by atoms with van der Waals surface area (Å²) in [6.45, 7) is 2.35. The molecule has 2 rings (SSSR count). The molecule has 0 fully saturated rings. The molecule has 1 aliphatic carbocycles. The van der Waals surface area contributed by atoms with Crippen LogP contribution in [0.3, 0.4) is 0 Å². The minimum Gasteiger partial charge on any atom is -0.494 e. The molecule has 92 valence electrons. The van der Waals surface area contributed by atoms with Gasteiger partial charge in [-0.3, -0.25) is 0 Å². The fourth-order valence-electron chi connectivity index (χ4n) is 2.30. The summed E-state index contributed by atoms with van der Waals surface area (Å²) in [5, 5.41) is 0. The van der Waals surface area contributed by atoms with Crippen LogP contribution < -0.4 is 4.74 Å². The van der Waals surface area contributed by atoms with Gasteiger partial charge in [0.1, 0.15) is 11.5 Å². The summed E-state index contributed by atoms with van der Waals surface area (Å²) in [4.78, 5) is 10.8. The third-order valence-electron chi connectivity index (χ3n) is 3.26. The Bertz CT molecular complexity index is 396. The SMILES string of the molecule is CC(=O)CCCCOc1ccc2c(c1)CCC2. The maximum Gasteiger partial charge on any atom is 0.129 e. The van der Waals surface area contributed by atoms with Crippen molar-refractivity contribution in [3.8, 4) is 5.75 Å². The van der Waals surface area contributed by atoms with Gasteiger partial charge >= 0.3 is 0 Å². The van der Waals surface area contributed by atoms with Crippen LogP contribution in [0.2, 0.25) is 0 Å². The standard InChI is InChI=1S/C15H20O2/c1-12(16)5-2-3-10-17-15-9-8-13-6-4-7-14(13)11-15/h8-9,11H,2-7,10H2,1H3. The lowest BCUT2D eigenvalue weighted by molar-refractivity contribution is -0.117. The van der Waals surface area contributed by atoms with Crippen molar-refractivity contribution in [1.29, 1.82) is 0 Å². The number of hydrogen-bond acceptors (Lipinski definition) is 2. The lowest BCUT2D eigenvalue weighted by Crippen LogP contribution is -1.99. The lowest BCUT2D eigenvalue weighted by Gasteiger charge is -2.07. The summed E-state index contributed by atoms with van der Waals surface area (Å²) in [6.07, 6.45) is 6.24. The number of carbonyl (C=O) groups is 1. The molecule has 0 aromatic heterocycles. The van der Waals surface area contributed by atoms with Crippen LogP contribution in [0, 0.1) is 0 Å². The smallest absolute Gasteiger partial charge is 0.129 e. The van der Waals surface area contributed by atoms with E-state index in [1.165, 1.54) is 30.4 Å². The zero-order valence-electron chi connectivity index (χ0n) is 10.5. The van der Waals surface area contributed by atoms with Crippen LogP contribution >= 0.6 is 0 Å². The van der Waals surface area contributed by atoms with E-state index in [1.54, 1.807) is 6.92 Å². The Morgan fingerprint density at radius 3 is 2.88 bits per heavy atom. The van der Waals surface area contributed by atoms with Gasteiger partial charge in [-0.2, -0.15) is 0 Å². The largest absolute Gasteiger partial charge is 0.494 e. The van der Waals surface area contributed by atoms with Gasteiger partial charge in [-0.1, -0.05) is 6.07 Å². The van der Waals surface area contributed by atoms with Gasteiger partial charge in [-0.25, -0.2) is 0 Å². The highest BCUT2D eigenvalue weighted by Gasteiger charge is 2.10. The molecule has 0 amide bonds. The van der Waals surface area contributed by atoms with Crippen molar-refractivity contribution in [1.82, 2.24) is 0 Å². The van der Waals surface area contributed by atoms with Gasteiger partial charge in [0, 0.05) is 6.42 Å². The van der Waals surface area contributed by atoms with Gasteiger partial charge in [-0.05, 0) is 62.3 Å². The molecule has 0 heterocycles. The van der Waals surface area contributed by atoms with Crippen LogP contribution in [0.5, 0.6) is 5.75 Å². The van der Waals surface area contributed by atoms with E-state index in [1.807, 2.05) is 0 Å². The molecule has 0 spiro atoms. The van der Waals surface area contributed by atoms with E-state index in [4.69, 9.17) is 4.74 Å². The lowest BCUT2D eigenvalue weighted by atomic mass is 10.1. The van der Waals surface area contributed by atoms with Crippen molar-refractivity contribution in [2.75, 3.05) is 6.61 Å². The second-order valence-corrected chi connectivity index (χ2v) is 4.79. The molecule has 2 heteroatoms. The van der Waals surface area contributed by atoms with Crippen LogP contribution in [0.1, 0.15) is 43.7 Å². The van der Waals surface area contributed by atoms with Crippen LogP contribution in [-0.4, -0.2) is 12.4 Å². The molecule has 1 aromatic rings. The zero-order chi connectivity index (χ0) is 12.1. The number of Topliss-reactive ketones (excluding diaryl/α,β-unsaturated/α-hetero) is 1. The number of carbonyl (C=O) groups excluding carboxylic acids is 1. The van der Waals surface area contributed by atoms with E-state index >= 15 is 0 Å². The normalized spacial score (nSPS) is 13.5. The molecule has 0 aliphatic heterocycles. The predicted octanol–water partition coefficient (Wildman–Crippen LogP) is 3.31. The number of aryl methyl sites for hydroxylation is 2. The van der Waals surface area contributed by atoms with E-state index in [9.17, 15) is 4.79 Å². The highest BCUT2D eigenvalue weighted by Crippen LogP contribution is 2.26. The Morgan fingerprint density at radius 1 is 1.24 bits per heavy atom. The average molecular weight is 232 g/mol. The second kappa shape index (κ2) is 5.85. The van der Waals surface area contributed by atoms with Gasteiger partial charge in [-0.15, -0.1) is 0 Å². The summed E-state index contributed by atoms with van der Waals surface area (Å²) in [7, 11) is 0. The van der Waals surface area contributed by atoms with Crippen molar-refractivity contribution >= 4 is 5.78 Å². The fraction of sp³-hybridized carbons (Fsp3) is 0.533. The molecule has 0 unspecified atom stereocenters. The quantitative estimate of drug-likeness (QED) is 0.703. The molecule has 17 heavy (non-hydrogen) atoms. The van der Waals surface area contributed by atoms with Crippen molar-refractivity contribution in [3.63, 3.8) is 0 Å². The van der Waals surface area contributed by atoms with Crippen LogP contribution in [0.4, 0.5) is 0 Å². The van der Waals surface area contributed by atoms with Crippen molar-refractivity contribution in [3.05, 3.63) is 29.3 Å². The minimum atomic E-state index is 0.266. The number of benzene rings is 1. The summed E-state index contributed by atoms with van der Waals surface area (Å²) in [5.41, 5.74) is 2.93. The van der Waals surface area contributed by atoms with Gasteiger partial charge in [0.05, 0.1) is 6.61 Å². The van der Waals surface area contributed by atoms with E-state index in [0.29, 0.717) is 13.0 Å². The van der Waals surface area contributed by atoms with Crippen molar-refractivity contribution < 1.29 is 9.53 Å². The molecule has 0 atom stereocenters. The van der Waals surface area contributed by atoms with Gasteiger partial charge < -0.3 is 9.53 Å². The molecule has 2 nitrogen and oxygen atoms in total.